The van der Waals surface area contributed by atoms with Gasteiger partial charge in [0.2, 0.25) is 0 Å². The van der Waals surface area contributed by atoms with E-state index in [-0.39, 0.29) is 0 Å². The summed E-state index contributed by atoms with van der Waals surface area (Å²) in [7, 11) is 0. The van der Waals surface area contributed by atoms with Gasteiger partial charge in [0.1, 0.15) is 0 Å². The van der Waals surface area contributed by atoms with Crippen molar-refractivity contribution in [2.24, 2.45) is 5.92 Å². The Labute approximate surface area is 94.8 Å². The Morgan fingerprint density at radius 3 is 2.92 bits per heavy atom. The third-order valence-corrected chi connectivity index (χ3v) is 5.19. The molecule has 0 unspecified atom stereocenters. The van der Waals surface area contributed by atoms with Crippen LogP contribution in [0.3, 0.4) is 0 Å². The molecule has 1 aliphatic heterocycles. The first-order chi connectivity index (χ1) is 6.33. The lowest BCUT2D eigenvalue weighted by Crippen LogP contribution is -2.19. The molecule has 0 spiro atoms. The lowest BCUT2D eigenvalue weighted by Gasteiger charge is -2.15. The van der Waals surface area contributed by atoms with Crippen molar-refractivity contribution >= 4 is 22.6 Å². The fraction of sp³-hybridized carbons (Fsp3) is 1.00. The van der Waals surface area contributed by atoms with Crippen molar-refractivity contribution in [3.05, 3.63) is 0 Å². The zero-order valence-corrected chi connectivity index (χ0v) is 10.5. The van der Waals surface area contributed by atoms with E-state index in [1.807, 2.05) is 0 Å². The van der Waals surface area contributed by atoms with E-state index in [2.05, 4.69) is 29.5 Å². The minimum atomic E-state index is 0.579. The summed E-state index contributed by atoms with van der Waals surface area (Å²) in [5, 5.41) is 0. The van der Waals surface area contributed by atoms with Crippen molar-refractivity contribution in [1.82, 2.24) is 0 Å². The first kappa shape index (κ1) is 10.2. The summed E-state index contributed by atoms with van der Waals surface area (Å²) in [6.07, 6.45) is 9.28. The molecule has 1 saturated carbocycles. The Bertz CT molecular complexity index is 171. The second-order valence-electron chi connectivity index (χ2n) is 4.39. The average Bonchev–Trinajstić information content (AvgIpc) is 2.67. The molecule has 4 atom stereocenters. The zero-order valence-electron chi connectivity index (χ0n) is 8.34. The smallest absolute Gasteiger partial charge is 0.0700 e. The number of hydrogen-bond acceptors (Lipinski definition) is 1. The van der Waals surface area contributed by atoms with Crippen molar-refractivity contribution in [1.29, 1.82) is 0 Å². The number of alkyl halides is 1. The van der Waals surface area contributed by atoms with E-state index >= 15 is 0 Å². The summed E-state index contributed by atoms with van der Waals surface area (Å²) >= 11 is 2.63. The van der Waals surface area contributed by atoms with Crippen LogP contribution in [0.2, 0.25) is 0 Å². The van der Waals surface area contributed by atoms with Crippen molar-refractivity contribution in [3.8, 4) is 0 Å². The van der Waals surface area contributed by atoms with Gasteiger partial charge in [0, 0.05) is 3.92 Å². The van der Waals surface area contributed by atoms with Gasteiger partial charge in [-0.3, -0.25) is 0 Å². The molecule has 1 nitrogen and oxygen atoms in total. The van der Waals surface area contributed by atoms with Crippen molar-refractivity contribution in [2.45, 2.75) is 61.6 Å². The van der Waals surface area contributed by atoms with E-state index in [0.717, 1.165) is 9.84 Å². The largest absolute Gasteiger partial charge is 0.374 e. The van der Waals surface area contributed by atoms with Gasteiger partial charge in [-0.1, -0.05) is 48.8 Å². The molecule has 2 heteroatoms. The molecule has 76 valence electrons. The Morgan fingerprint density at radius 2 is 2.23 bits per heavy atom. The molecule has 1 heterocycles. The lowest BCUT2D eigenvalue weighted by atomic mass is 9.99. The highest BCUT2D eigenvalue weighted by atomic mass is 127. The van der Waals surface area contributed by atoms with Gasteiger partial charge < -0.3 is 4.74 Å². The molecule has 0 amide bonds. The van der Waals surface area contributed by atoms with Crippen LogP contribution in [0.15, 0.2) is 0 Å². The molecule has 0 bridgehead atoms. The molecule has 0 aromatic rings. The predicted octanol–water partition coefficient (Wildman–Crippen LogP) is 3.55. The van der Waals surface area contributed by atoms with Crippen LogP contribution in [0.4, 0.5) is 0 Å². The summed E-state index contributed by atoms with van der Waals surface area (Å²) in [4.78, 5) is 0. The summed E-state index contributed by atoms with van der Waals surface area (Å²) in [5.41, 5.74) is 0. The number of unbranched alkanes of at least 4 members (excludes halogenated alkanes) is 1. The van der Waals surface area contributed by atoms with E-state index in [4.69, 9.17) is 4.74 Å². The molecule has 2 aliphatic rings. The van der Waals surface area contributed by atoms with Gasteiger partial charge in [-0.05, 0) is 25.2 Å². The highest BCUT2D eigenvalue weighted by Gasteiger charge is 2.44. The number of rotatable bonds is 3. The fourth-order valence-electron chi connectivity index (χ4n) is 2.70. The Hall–Kier alpha value is 0.690. The third kappa shape index (κ3) is 2.04. The van der Waals surface area contributed by atoms with E-state index in [0.29, 0.717) is 12.2 Å². The van der Waals surface area contributed by atoms with Crippen LogP contribution in [-0.4, -0.2) is 16.1 Å². The Morgan fingerprint density at radius 1 is 1.38 bits per heavy atom. The summed E-state index contributed by atoms with van der Waals surface area (Å²) in [6.45, 7) is 2.26. The molecule has 0 radical (unpaired) electrons. The van der Waals surface area contributed by atoms with E-state index in [1.165, 1.54) is 38.5 Å². The fourth-order valence-corrected chi connectivity index (χ4v) is 4.05. The number of halogens is 1. The maximum absolute atomic E-state index is 6.09. The predicted molar refractivity (Wildman–Crippen MR) is 63.3 cm³/mol. The van der Waals surface area contributed by atoms with Gasteiger partial charge in [0.15, 0.2) is 0 Å². The zero-order chi connectivity index (χ0) is 9.26. The second kappa shape index (κ2) is 4.47. The summed E-state index contributed by atoms with van der Waals surface area (Å²) < 4.78 is 6.89. The van der Waals surface area contributed by atoms with E-state index in [1.54, 1.807) is 0 Å². The molecular weight excluding hydrogens is 275 g/mol. The van der Waals surface area contributed by atoms with Crippen LogP contribution >= 0.6 is 22.6 Å². The monoisotopic (exact) mass is 294 g/mol. The standard InChI is InChI=1S/C11H19IO/c1-2-3-6-10-11(12)8-5-4-7-9(8)13-10/h8-11H,2-7H2,1H3/t8-,9+,10+,11+/m0/s1. The minimum Gasteiger partial charge on any atom is -0.374 e. The van der Waals surface area contributed by atoms with Crippen LogP contribution in [-0.2, 0) is 4.74 Å². The van der Waals surface area contributed by atoms with Gasteiger partial charge in [0.25, 0.3) is 0 Å². The Kier molecular flexibility index (Phi) is 3.52. The van der Waals surface area contributed by atoms with Crippen molar-refractivity contribution in [3.63, 3.8) is 0 Å². The second-order valence-corrected chi connectivity index (χ2v) is 5.83. The maximum Gasteiger partial charge on any atom is 0.0700 e. The first-order valence-corrected chi connectivity index (χ1v) is 6.87. The van der Waals surface area contributed by atoms with Crippen LogP contribution in [0.25, 0.3) is 0 Å². The minimum absolute atomic E-state index is 0.579. The highest BCUT2D eigenvalue weighted by Crippen LogP contribution is 2.44. The van der Waals surface area contributed by atoms with Crippen LogP contribution in [0.1, 0.15) is 45.4 Å². The van der Waals surface area contributed by atoms with Crippen LogP contribution in [0.5, 0.6) is 0 Å². The third-order valence-electron chi connectivity index (χ3n) is 3.46. The van der Waals surface area contributed by atoms with Gasteiger partial charge >= 0.3 is 0 Å². The molecule has 0 aromatic heterocycles. The first-order valence-electron chi connectivity index (χ1n) is 5.62. The van der Waals surface area contributed by atoms with Gasteiger partial charge in [-0.2, -0.15) is 0 Å². The number of fused-ring (bicyclic) bond motifs is 1. The van der Waals surface area contributed by atoms with Gasteiger partial charge in [-0.15, -0.1) is 0 Å². The van der Waals surface area contributed by atoms with Crippen LogP contribution < -0.4 is 0 Å². The topological polar surface area (TPSA) is 9.23 Å². The van der Waals surface area contributed by atoms with Crippen LogP contribution in [0, 0.1) is 5.92 Å². The molecule has 1 saturated heterocycles. The number of ether oxygens (including phenoxy) is 1. The SMILES string of the molecule is CCCC[C@H]1O[C@@H]2CCC[C@@H]2[C@H]1I. The van der Waals surface area contributed by atoms with Gasteiger partial charge in [-0.25, -0.2) is 0 Å². The van der Waals surface area contributed by atoms with Crippen molar-refractivity contribution < 1.29 is 4.74 Å². The lowest BCUT2D eigenvalue weighted by molar-refractivity contribution is 0.0372. The molecule has 1 aliphatic carbocycles. The molecule has 2 rings (SSSR count). The molecule has 13 heavy (non-hydrogen) atoms. The molecular formula is C11H19IO. The Balaban J connectivity index is 1.87. The summed E-state index contributed by atoms with van der Waals surface area (Å²) in [5.74, 6) is 0.891. The van der Waals surface area contributed by atoms with Crippen molar-refractivity contribution in [2.75, 3.05) is 0 Å². The molecule has 0 aromatic carbocycles. The number of hydrogen-bond donors (Lipinski definition) is 0. The van der Waals surface area contributed by atoms with E-state index in [9.17, 15) is 0 Å². The molecule has 0 N–H and O–H groups in total. The highest BCUT2D eigenvalue weighted by molar-refractivity contribution is 14.1. The normalized spacial score (nSPS) is 43.8. The van der Waals surface area contributed by atoms with E-state index < -0.39 is 0 Å². The average molecular weight is 294 g/mol. The summed E-state index contributed by atoms with van der Waals surface area (Å²) in [6, 6.07) is 0. The van der Waals surface area contributed by atoms with Gasteiger partial charge in [0.05, 0.1) is 12.2 Å². The molecule has 2 fully saturated rings. The maximum atomic E-state index is 6.09. The quantitative estimate of drug-likeness (QED) is 0.571.